The van der Waals surface area contributed by atoms with Crippen molar-refractivity contribution in [2.24, 2.45) is 0 Å². The Morgan fingerprint density at radius 3 is 2.41 bits per heavy atom. The van der Waals surface area contributed by atoms with Crippen LogP contribution in [0.5, 0.6) is 0 Å². The van der Waals surface area contributed by atoms with Crippen molar-refractivity contribution in [1.29, 1.82) is 0 Å². The summed E-state index contributed by atoms with van der Waals surface area (Å²) in [7, 11) is 0. The molecule has 0 spiro atoms. The van der Waals surface area contributed by atoms with Gasteiger partial charge in [-0.05, 0) is 42.6 Å². The van der Waals surface area contributed by atoms with Crippen molar-refractivity contribution in [2.75, 3.05) is 6.61 Å². The van der Waals surface area contributed by atoms with Crippen molar-refractivity contribution in [3.05, 3.63) is 21.1 Å². The second-order valence-corrected chi connectivity index (χ2v) is 5.79. The van der Waals surface area contributed by atoms with E-state index >= 15 is 0 Å². The quantitative estimate of drug-likeness (QED) is 0.776. The lowest BCUT2D eigenvalue weighted by molar-refractivity contribution is -0.0210. The topological polar surface area (TPSA) is 35.0 Å². The van der Waals surface area contributed by atoms with Crippen LogP contribution in [0.3, 0.4) is 0 Å². The molecule has 1 heterocycles. The minimum absolute atomic E-state index is 0.279. The Morgan fingerprint density at radius 1 is 1.35 bits per heavy atom. The Bertz CT molecular complexity index is 408. The summed E-state index contributed by atoms with van der Waals surface area (Å²) in [4.78, 5) is 8.84. The van der Waals surface area contributed by atoms with Crippen LogP contribution in [-0.2, 0) is 10.3 Å². The predicted octanol–water partition coefficient (Wildman–Crippen LogP) is 4.29. The summed E-state index contributed by atoms with van der Waals surface area (Å²) >= 11 is 9.54. The summed E-state index contributed by atoms with van der Waals surface area (Å²) in [5.41, 5.74) is 0.385. The lowest BCUT2D eigenvalue weighted by atomic mass is 10.1. The molecule has 1 rings (SSSR count). The van der Waals surface area contributed by atoms with Crippen LogP contribution in [0, 0.1) is 0 Å². The summed E-state index contributed by atoms with van der Waals surface area (Å²) in [6.45, 7) is 10.6. The van der Waals surface area contributed by atoms with Crippen LogP contribution in [0.15, 0.2) is 4.47 Å². The van der Waals surface area contributed by atoms with E-state index in [1.165, 1.54) is 0 Å². The molecule has 0 aliphatic rings. The van der Waals surface area contributed by atoms with Crippen LogP contribution in [0.1, 0.15) is 52.1 Å². The molecule has 0 amide bonds. The van der Waals surface area contributed by atoms with E-state index in [0.717, 1.165) is 10.2 Å². The van der Waals surface area contributed by atoms with Gasteiger partial charge in [-0.3, -0.25) is 0 Å². The molecule has 0 fully saturated rings. The van der Waals surface area contributed by atoms with Crippen LogP contribution in [0.2, 0.25) is 5.15 Å². The Balaban J connectivity index is 3.28. The maximum absolute atomic E-state index is 6.12. The summed E-state index contributed by atoms with van der Waals surface area (Å²) in [5.74, 6) is 0.900. The van der Waals surface area contributed by atoms with Crippen molar-refractivity contribution in [3.8, 4) is 0 Å². The third-order valence-corrected chi connectivity index (χ3v) is 3.71. The number of hydrogen-bond acceptors (Lipinski definition) is 3. The minimum atomic E-state index is -0.525. The molecule has 0 unspecified atom stereocenters. The fraction of sp³-hybridized carbons (Fsp3) is 0.667. The SMILES string of the molecule is CCOC(C)(C)c1nc(Cl)c(Br)c(C(C)C)n1. The zero-order valence-electron chi connectivity index (χ0n) is 10.8. The van der Waals surface area contributed by atoms with Gasteiger partial charge in [0, 0.05) is 6.61 Å². The van der Waals surface area contributed by atoms with E-state index in [1.807, 2.05) is 20.8 Å². The summed E-state index contributed by atoms with van der Waals surface area (Å²) < 4.78 is 6.41. The maximum atomic E-state index is 6.12. The van der Waals surface area contributed by atoms with E-state index < -0.39 is 5.60 Å². The van der Waals surface area contributed by atoms with Gasteiger partial charge in [-0.1, -0.05) is 25.4 Å². The average Bonchev–Trinajstić information content (AvgIpc) is 2.21. The number of halogens is 2. The van der Waals surface area contributed by atoms with E-state index in [0.29, 0.717) is 17.6 Å². The molecule has 17 heavy (non-hydrogen) atoms. The Morgan fingerprint density at radius 2 is 1.94 bits per heavy atom. The van der Waals surface area contributed by atoms with Crippen molar-refractivity contribution in [3.63, 3.8) is 0 Å². The van der Waals surface area contributed by atoms with E-state index in [-0.39, 0.29) is 5.92 Å². The van der Waals surface area contributed by atoms with Crippen LogP contribution in [0.25, 0.3) is 0 Å². The van der Waals surface area contributed by atoms with Gasteiger partial charge in [0.25, 0.3) is 0 Å². The van der Waals surface area contributed by atoms with Gasteiger partial charge in [0.15, 0.2) is 5.82 Å². The Kier molecular flexibility index (Phi) is 4.93. The molecule has 5 heteroatoms. The molecule has 0 radical (unpaired) electrons. The Hall–Kier alpha value is -0.190. The smallest absolute Gasteiger partial charge is 0.161 e. The van der Waals surface area contributed by atoms with E-state index in [1.54, 1.807) is 0 Å². The molecule has 0 atom stereocenters. The lowest BCUT2D eigenvalue weighted by Crippen LogP contribution is -2.25. The highest BCUT2D eigenvalue weighted by molar-refractivity contribution is 9.10. The first-order valence-corrected chi connectivity index (χ1v) is 6.84. The zero-order chi connectivity index (χ0) is 13.2. The van der Waals surface area contributed by atoms with Crippen molar-refractivity contribution >= 4 is 27.5 Å². The molecular weight excluding hydrogens is 304 g/mol. The van der Waals surface area contributed by atoms with Crippen LogP contribution < -0.4 is 0 Å². The maximum Gasteiger partial charge on any atom is 0.161 e. The first-order valence-electron chi connectivity index (χ1n) is 5.67. The fourth-order valence-electron chi connectivity index (χ4n) is 1.51. The zero-order valence-corrected chi connectivity index (χ0v) is 13.2. The van der Waals surface area contributed by atoms with Crippen molar-refractivity contribution in [2.45, 2.75) is 46.1 Å². The lowest BCUT2D eigenvalue weighted by Gasteiger charge is -2.24. The third-order valence-electron chi connectivity index (χ3n) is 2.43. The molecular formula is C12H18BrClN2O. The molecule has 3 nitrogen and oxygen atoms in total. The monoisotopic (exact) mass is 320 g/mol. The first-order chi connectivity index (χ1) is 7.79. The molecule has 1 aromatic heterocycles. The molecule has 0 bridgehead atoms. The summed E-state index contributed by atoms with van der Waals surface area (Å²) in [6, 6.07) is 0. The highest BCUT2D eigenvalue weighted by Gasteiger charge is 2.27. The molecule has 0 aliphatic carbocycles. The third kappa shape index (κ3) is 3.39. The number of ether oxygens (including phenoxy) is 1. The molecule has 96 valence electrons. The van der Waals surface area contributed by atoms with Gasteiger partial charge in [-0.15, -0.1) is 0 Å². The molecule has 1 aromatic rings. The van der Waals surface area contributed by atoms with E-state index in [4.69, 9.17) is 16.3 Å². The first kappa shape index (κ1) is 14.9. The van der Waals surface area contributed by atoms with Gasteiger partial charge in [0.1, 0.15) is 10.8 Å². The van der Waals surface area contributed by atoms with Gasteiger partial charge >= 0.3 is 0 Å². The second-order valence-electron chi connectivity index (χ2n) is 4.64. The number of rotatable bonds is 4. The van der Waals surface area contributed by atoms with Gasteiger partial charge < -0.3 is 4.74 Å². The minimum Gasteiger partial charge on any atom is -0.368 e. The average molecular weight is 322 g/mol. The van der Waals surface area contributed by atoms with Gasteiger partial charge in [0.2, 0.25) is 0 Å². The number of aromatic nitrogens is 2. The second kappa shape index (κ2) is 5.63. The fourth-order valence-corrected chi connectivity index (χ4v) is 2.33. The van der Waals surface area contributed by atoms with Crippen molar-refractivity contribution in [1.82, 2.24) is 9.97 Å². The number of nitrogens with zero attached hydrogens (tertiary/aromatic N) is 2. The van der Waals surface area contributed by atoms with E-state index in [2.05, 4.69) is 39.7 Å². The van der Waals surface area contributed by atoms with Gasteiger partial charge in [0.05, 0.1) is 10.2 Å². The largest absolute Gasteiger partial charge is 0.368 e. The van der Waals surface area contributed by atoms with Crippen molar-refractivity contribution < 1.29 is 4.74 Å². The highest BCUT2D eigenvalue weighted by Crippen LogP contribution is 2.31. The highest BCUT2D eigenvalue weighted by atomic mass is 79.9. The van der Waals surface area contributed by atoms with Crippen LogP contribution in [0.4, 0.5) is 0 Å². The van der Waals surface area contributed by atoms with E-state index in [9.17, 15) is 0 Å². The van der Waals surface area contributed by atoms with Gasteiger partial charge in [-0.2, -0.15) is 0 Å². The molecule has 0 aromatic carbocycles. The van der Waals surface area contributed by atoms with Crippen LogP contribution >= 0.6 is 27.5 Å². The summed E-state index contributed by atoms with van der Waals surface area (Å²) in [5, 5.41) is 0.437. The Labute approximate surface area is 116 Å². The predicted molar refractivity (Wildman–Crippen MR) is 73.5 cm³/mol. The molecule has 0 aliphatic heterocycles. The van der Waals surface area contributed by atoms with Gasteiger partial charge in [-0.25, -0.2) is 9.97 Å². The molecule has 0 saturated heterocycles. The molecule has 0 N–H and O–H groups in total. The standard InChI is InChI=1S/C12H18BrClN2O/c1-6-17-12(4,5)11-15-9(7(2)3)8(13)10(14)16-11/h7H,6H2,1-5H3. The van der Waals surface area contributed by atoms with Crippen LogP contribution in [-0.4, -0.2) is 16.6 Å². The normalized spacial score (nSPS) is 12.2. The summed E-state index contributed by atoms with van der Waals surface area (Å²) in [6.07, 6.45) is 0. The molecule has 0 saturated carbocycles. The number of hydrogen-bond donors (Lipinski definition) is 0.